The molecular formula is C11H25NO2. The average Bonchev–Trinajstić information content (AvgIpc) is 2.20. The van der Waals surface area contributed by atoms with Gasteiger partial charge in [0, 0.05) is 20.3 Å². The van der Waals surface area contributed by atoms with E-state index in [0.717, 1.165) is 45.5 Å². The highest BCUT2D eigenvalue weighted by atomic mass is 16.5. The lowest BCUT2D eigenvalue weighted by Crippen LogP contribution is -2.27. The molecule has 0 aromatic carbocycles. The lowest BCUT2D eigenvalue weighted by atomic mass is 10.1. The van der Waals surface area contributed by atoms with E-state index in [1.54, 1.807) is 7.11 Å². The molecule has 14 heavy (non-hydrogen) atoms. The van der Waals surface area contributed by atoms with E-state index in [-0.39, 0.29) is 6.10 Å². The minimum Gasteiger partial charge on any atom is -0.393 e. The van der Waals surface area contributed by atoms with Gasteiger partial charge in [0.1, 0.15) is 0 Å². The van der Waals surface area contributed by atoms with Crippen molar-refractivity contribution in [2.24, 2.45) is 0 Å². The summed E-state index contributed by atoms with van der Waals surface area (Å²) in [7, 11) is 1.70. The zero-order valence-electron chi connectivity index (χ0n) is 9.83. The van der Waals surface area contributed by atoms with E-state index >= 15 is 0 Å². The number of rotatable bonds is 9. The molecule has 1 N–H and O–H groups in total. The van der Waals surface area contributed by atoms with Gasteiger partial charge in [0.15, 0.2) is 0 Å². The second-order valence-electron chi connectivity index (χ2n) is 3.60. The van der Waals surface area contributed by atoms with Gasteiger partial charge >= 0.3 is 0 Å². The van der Waals surface area contributed by atoms with Gasteiger partial charge in [-0.05, 0) is 32.4 Å². The topological polar surface area (TPSA) is 32.7 Å². The molecule has 0 radical (unpaired) electrons. The molecule has 3 nitrogen and oxygen atoms in total. The van der Waals surface area contributed by atoms with Gasteiger partial charge in [-0.1, -0.05) is 13.8 Å². The molecule has 0 saturated heterocycles. The van der Waals surface area contributed by atoms with Crippen LogP contribution in [-0.4, -0.2) is 49.5 Å². The fraction of sp³-hybridized carbons (Fsp3) is 1.00. The molecule has 0 fully saturated rings. The number of aliphatic hydroxyl groups is 1. The molecule has 0 amide bonds. The molecular weight excluding hydrogens is 178 g/mol. The molecule has 0 aliphatic heterocycles. The zero-order valence-corrected chi connectivity index (χ0v) is 9.83. The number of hydrogen-bond acceptors (Lipinski definition) is 3. The van der Waals surface area contributed by atoms with Crippen molar-refractivity contribution in [1.82, 2.24) is 4.90 Å². The Kier molecular flexibility index (Phi) is 9.35. The first-order valence-corrected chi connectivity index (χ1v) is 5.63. The van der Waals surface area contributed by atoms with Crippen LogP contribution in [0.5, 0.6) is 0 Å². The van der Waals surface area contributed by atoms with Gasteiger partial charge in [0.05, 0.1) is 6.10 Å². The summed E-state index contributed by atoms with van der Waals surface area (Å²) < 4.78 is 4.94. The monoisotopic (exact) mass is 203 g/mol. The zero-order chi connectivity index (χ0) is 10.8. The van der Waals surface area contributed by atoms with E-state index in [4.69, 9.17) is 4.74 Å². The highest BCUT2D eigenvalue weighted by Crippen LogP contribution is 2.03. The van der Waals surface area contributed by atoms with Crippen LogP contribution in [0.4, 0.5) is 0 Å². The molecule has 0 aliphatic carbocycles. The Morgan fingerprint density at radius 3 is 2.36 bits per heavy atom. The van der Waals surface area contributed by atoms with Crippen LogP contribution in [0.25, 0.3) is 0 Å². The number of methoxy groups -OCH3 is 1. The largest absolute Gasteiger partial charge is 0.393 e. The second-order valence-corrected chi connectivity index (χ2v) is 3.60. The first-order chi connectivity index (χ1) is 6.74. The fourth-order valence-corrected chi connectivity index (χ4v) is 1.48. The number of ether oxygens (including phenoxy) is 1. The molecule has 0 saturated carbocycles. The Morgan fingerprint density at radius 2 is 1.86 bits per heavy atom. The molecule has 0 rings (SSSR count). The van der Waals surface area contributed by atoms with E-state index in [1.807, 2.05) is 0 Å². The smallest absolute Gasteiger partial charge is 0.0553 e. The number of hydrogen-bond donors (Lipinski definition) is 1. The van der Waals surface area contributed by atoms with Gasteiger partial charge in [-0.15, -0.1) is 0 Å². The van der Waals surface area contributed by atoms with Crippen molar-refractivity contribution in [3.8, 4) is 0 Å². The van der Waals surface area contributed by atoms with Crippen molar-refractivity contribution in [1.29, 1.82) is 0 Å². The van der Waals surface area contributed by atoms with Gasteiger partial charge in [-0.2, -0.15) is 0 Å². The molecule has 0 bridgehead atoms. The maximum atomic E-state index is 9.63. The van der Waals surface area contributed by atoms with Gasteiger partial charge in [0.25, 0.3) is 0 Å². The van der Waals surface area contributed by atoms with Crippen molar-refractivity contribution in [3.05, 3.63) is 0 Å². The highest BCUT2D eigenvalue weighted by Gasteiger charge is 2.06. The van der Waals surface area contributed by atoms with Crippen LogP contribution in [-0.2, 0) is 4.74 Å². The first-order valence-electron chi connectivity index (χ1n) is 5.63. The standard InChI is InChI=1S/C11H25NO2/c1-4-12(5-2)9-8-11(13)7-6-10-14-3/h11,13H,4-10H2,1-3H3. The van der Waals surface area contributed by atoms with Crippen LogP contribution in [0.3, 0.4) is 0 Å². The summed E-state index contributed by atoms with van der Waals surface area (Å²) in [5, 5.41) is 9.63. The normalized spacial score (nSPS) is 13.5. The van der Waals surface area contributed by atoms with Gasteiger partial charge in [0.2, 0.25) is 0 Å². The number of aliphatic hydroxyl groups excluding tert-OH is 1. The summed E-state index contributed by atoms with van der Waals surface area (Å²) in [4.78, 5) is 2.33. The Balaban J connectivity index is 3.37. The molecule has 1 unspecified atom stereocenters. The first kappa shape index (κ1) is 13.9. The summed E-state index contributed by atoms with van der Waals surface area (Å²) in [5.41, 5.74) is 0. The molecule has 0 aromatic rings. The molecule has 0 aliphatic rings. The van der Waals surface area contributed by atoms with E-state index in [1.165, 1.54) is 0 Å². The van der Waals surface area contributed by atoms with Crippen molar-refractivity contribution in [2.75, 3.05) is 33.4 Å². The summed E-state index contributed by atoms with van der Waals surface area (Å²) in [6, 6.07) is 0. The van der Waals surface area contributed by atoms with Crippen molar-refractivity contribution in [2.45, 2.75) is 39.2 Å². The SMILES string of the molecule is CCN(CC)CCC(O)CCCOC. The van der Waals surface area contributed by atoms with E-state index < -0.39 is 0 Å². The molecule has 0 heterocycles. The average molecular weight is 203 g/mol. The number of nitrogens with zero attached hydrogens (tertiary/aromatic N) is 1. The second kappa shape index (κ2) is 9.44. The minimum atomic E-state index is -0.161. The minimum absolute atomic E-state index is 0.161. The molecule has 1 atom stereocenters. The van der Waals surface area contributed by atoms with Crippen LogP contribution in [0.15, 0.2) is 0 Å². The Hall–Kier alpha value is -0.120. The summed E-state index contributed by atoms with van der Waals surface area (Å²) in [6.07, 6.45) is 2.53. The quantitative estimate of drug-likeness (QED) is 0.577. The third-order valence-corrected chi connectivity index (χ3v) is 2.56. The summed E-state index contributed by atoms with van der Waals surface area (Å²) in [6.45, 7) is 8.20. The molecule has 0 aromatic heterocycles. The van der Waals surface area contributed by atoms with E-state index in [2.05, 4.69) is 18.7 Å². The van der Waals surface area contributed by atoms with Crippen LogP contribution >= 0.6 is 0 Å². The lowest BCUT2D eigenvalue weighted by molar-refractivity contribution is 0.116. The summed E-state index contributed by atoms with van der Waals surface area (Å²) >= 11 is 0. The third kappa shape index (κ3) is 7.30. The fourth-order valence-electron chi connectivity index (χ4n) is 1.48. The third-order valence-electron chi connectivity index (χ3n) is 2.56. The molecule has 0 spiro atoms. The Bertz CT molecular complexity index is 116. The van der Waals surface area contributed by atoms with Crippen molar-refractivity contribution in [3.63, 3.8) is 0 Å². The Labute approximate surface area is 88.1 Å². The lowest BCUT2D eigenvalue weighted by Gasteiger charge is -2.19. The molecule has 86 valence electrons. The predicted octanol–water partition coefficient (Wildman–Crippen LogP) is 1.51. The van der Waals surface area contributed by atoms with E-state index in [9.17, 15) is 5.11 Å². The highest BCUT2D eigenvalue weighted by molar-refractivity contribution is 4.60. The Morgan fingerprint density at radius 1 is 1.21 bits per heavy atom. The maximum absolute atomic E-state index is 9.63. The van der Waals surface area contributed by atoms with Crippen LogP contribution < -0.4 is 0 Å². The van der Waals surface area contributed by atoms with Crippen molar-refractivity contribution < 1.29 is 9.84 Å². The van der Waals surface area contributed by atoms with Crippen LogP contribution in [0.1, 0.15) is 33.1 Å². The van der Waals surface area contributed by atoms with Gasteiger partial charge in [-0.3, -0.25) is 0 Å². The van der Waals surface area contributed by atoms with E-state index in [0.29, 0.717) is 0 Å². The van der Waals surface area contributed by atoms with Crippen LogP contribution in [0.2, 0.25) is 0 Å². The van der Waals surface area contributed by atoms with Gasteiger partial charge < -0.3 is 14.7 Å². The van der Waals surface area contributed by atoms with Crippen LogP contribution in [0, 0.1) is 0 Å². The van der Waals surface area contributed by atoms with Crippen molar-refractivity contribution >= 4 is 0 Å². The summed E-state index contributed by atoms with van der Waals surface area (Å²) in [5.74, 6) is 0. The predicted molar refractivity (Wildman–Crippen MR) is 59.5 cm³/mol. The maximum Gasteiger partial charge on any atom is 0.0553 e. The molecule has 3 heteroatoms. The van der Waals surface area contributed by atoms with Gasteiger partial charge in [-0.25, -0.2) is 0 Å².